The number of hydrogen-bond donors (Lipinski definition) is 0. The van der Waals surface area contributed by atoms with Gasteiger partial charge in [-0.3, -0.25) is 0 Å². The summed E-state index contributed by atoms with van der Waals surface area (Å²) in [6.07, 6.45) is 7.43. The van der Waals surface area contributed by atoms with E-state index in [4.69, 9.17) is 0 Å². The van der Waals surface area contributed by atoms with Crippen LogP contribution in [0.15, 0.2) is 36.4 Å². The Morgan fingerprint density at radius 2 is 0.707 bits per heavy atom. The summed E-state index contributed by atoms with van der Waals surface area (Å²) in [6.45, 7) is 10.1. The van der Waals surface area contributed by atoms with Crippen molar-refractivity contribution in [2.45, 2.75) is 79.1 Å². The second-order valence-corrected chi connectivity index (χ2v) is 8.98. The Hall–Kier alpha value is -3.30. The third kappa shape index (κ3) is 15.9. The van der Waals surface area contributed by atoms with Gasteiger partial charge in [-0.25, -0.2) is 9.97 Å². The van der Waals surface area contributed by atoms with Crippen LogP contribution in [0.4, 0.5) is 0 Å². The number of nitrogens with zero attached hydrogens (tertiary/aromatic N) is 6. The molecule has 0 aliphatic carbocycles. The fourth-order valence-corrected chi connectivity index (χ4v) is 3.02. The molecule has 0 N–H and O–H groups in total. The number of carbonyl (C=O) groups excluding carboxylic acids is 4. The molecule has 0 saturated carbocycles. The summed E-state index contributed by atoms with van der Waals surface area (Å²) in [5, 5.41) is 15.7. The van der Waals surface area contributed by atoms with Crippen LogP contribution in [-0.2, 0) is 17.1 Å². The summed E-state index contributed by atoms with van der Waals surface area (Å²) in [5.41, 5.74) is 0.825. The van der Waals surface area contributed by atoms with E-state index in [-0.39, 0.29) is 63.5 Å². The normalized spacial score (nSPS) is 9.85. The minimum Gasteiger partial charge on any atom is -0.648 e. The first-order valence-corrected chi connectivity index (χ1v) is 14.2. The fraction of sp³-hybridized carbons (Fsp3) is 0.533. The van der Waals surface area contributed by atoms with Crippen molar-refractivity contribution in [3.8, 4) is 0 Å². The van der Waals surface area contributed by atoms with Gasteiger partial charge < -0.3 is 40.4 Å². The Labute approximate surface area is 255 Å². The molecule has 41 heavy (non-hydrogen) atoms. The number of hydrogen-bond acceptors (Lipinski definition) is 6. The molecule has 2 aromatic heterocycles. The summed E-state index contributed by atoms with van der Waals surface area (Å²) < 4.78 is 0. The first-order valence-electron chi connectivity index (χ1n) is 14.2. The van der Waals surface area contributed by atoms with E-state index in [9.17, 15) is 19.2 Å². The molecule has 2 heterocycles. The van der Waals surface area contributed by atoms with Crippen molar-refractivity contribution < 1.29 is 36.2 Å². The molecular formula is C30H42FeN6O4. The maximum Gasteiger partial charge on any atom is 4.00 e. The van der Waals surface area contributed by atoms with Gasteiger partial charge in [-0.1, -0.05) is 91.2 Å². The molecular weight excluding hydrogens is 564 g/mol. The van der Waals surface area contributed by atoms with E-state index in [0.29, 0.717) is 26.2 Å². The third-order valence-corrected chi connectivity index (χ3v) is 5.44. The van der Waals surface area contributed by atoms with Crippen molar-refractivity contribution in [1.29, 1.82) is 0 Å². The standard InChI is InChI=1S/2C15H23N3O2.Fe/c2*1-3-5-10-16-14(19)12-8-7-9-13(18-12)15(20)17-11-6-4-2;/h2*7-9H,3-6,10-11H2,1-2H3,(H2,16,17,19,20);/q;;+4/p-4. The van der Waals surface area contributed by atoms with E-state index < -0.39 is 0 Å². The molecule has 10 nitrogen and oxygen atoms in total. The van der Waals surface area contributed by atoms with Crippen molar-refractivity contribution in [1.82, 2.24) is 9.97 Å². The van der Waals surface area contributed by atoms with Gasteiger partial charge in [0.15, 0.2) is 0 Å². The van der Waals surface area contributed by atoms with Crippen LogP contribution in [-0.4, -0.2) is 59.8 Å². The summed E-state index contributed by atoms with van der Waals surface area (Å²) in [5.74, 6) is -1.49. The van der Waals surface area contributed by atoms with Gasteiger partial charge in [0.2, 0.25) is 0 Å². The maximum atomic E-state index is 11.8. The van der Waals surface area contributed by atoms with Gasteiger partial charge in [0.05, 0.1) is 22.8 Å². The van der Waals surface area contributed by atoms with Crippen molar-refractivity contribution in [2.75, 3.05) is 26.2 Å². The smallest absolute Gasteiger partial charge is 0.648 e. The zero-order valence-electron chi connectivity index (χ0n) is 24.6. The van der Waals surface area contributed by atoms with Gasteiger partial charge in [0, 0.05) is 0 Å². The molecule has 0 aromatic carbocycles. The summed E-state index contributed by atoms with van der Waals surface area (Å²) in [6, 6.07) is 9.55. The van der Waals surface area contributed by atoms with Crippen molar-refractivity contribution in [3.63, 3.8) is 0 Å². The molecule has 0 atom stereocenters. The first-order chi connectivity index (χ1) is 19.4. The second kappa shape index (κ2) is 23.4. The zero-order valence-corrected chi connectivity index (χ0v) is 25.7. The maximum absolute atomic E-state index is 11.8. The van der Waals surface area contributed by atoms with Crippen LogP contribution in [0.2, 0.25) is 0 Å². The minimum atomic E-state index is -0.373. The first kappa shape index (κ1) is 37.7. The predicted octanol–water partition coefficient (Wildman–Crippen LogP) is 7.42. The van der Waals surface area contributed by atoms with E-state index >= 15 is 0 Å². The predicted molar refractivity (Wildman–Crippen MR) is 158 cm³/mol. The molecule has 2 rings (SSSR count). The Balaban J connectivity index is 0.000000762. The second-order valence-electron chi connectivity index (χ2n) is 8.98. The Bertz CT molecular complexity index is 909. The van der Waals surface area contributed by atoms with Crippen LogP contribution in [0.5, 0.6) is 0 Å². The number of rotatable bonds is 16. The topological polar surface area (TPSA) is 150 Å². The third-order valence-electron chi connectivity index (χ3n) is 5.44. The van der Waals surface area contributed by atoms with Gasteiger partial charge in [0.1, 0.15) is 23.6 Å². The SMILES string of the molecule is CCCC[N-]C(=O)c1cccc(C(=O)[N-]CCCC)n1.CCCC[N-]C(=O)c1cccc(C(=O)[N-]CCCC)n1.[Fe+4]. The minimum absolute atomic E-state index is 0. The van der Waals surface area contributed by atoms with Crippen LogP contribution in [0.1, 0.15) is 121 Å². The van der Waals surface area contributed by atoms with E-state index in [0.717, 1.165) is 51.4 Å². The molecule has 11 heteroatoms. The monoisotopic (exact) mass is 606 g/mol. The largest absolute Gasteiger partial charge is 4.00 e. The quantitative estimate of drug-likeness (QED) is 0.143. The van der Waals surface area contributed by atoms with Gasteiger partial charge in [0.25, 0.3) is 0 Å². The van der Waals surface area contributed by atoms with Crippen molar-refractivity contribution in [3.05, 3.63) is 80.4 Å². The number of amides is 4. The van der Waals surface area contributed by atoms with Crippen LogP contribution in [0.3, 0.4) is 0 Å². The van der Waals surface area contributed by atoms with Crippen LogP contribution >= 0.6 is 0 Å². The average molecular weight is 607 g/mol. The molecule has 0 saturated heterocycles. The van der Waals surface area contributed by atoms with Crippen molar-refractivity contribution >= 4 is 23.6 Å². The average Bonchev–Trinajstić information content (AvgIpc) is 2.98. The van der Waals surface area contributed by atoms with E-state index in [2.05, 4.69) is 31.2 Å². The fourth-order valence-electron chi connectivity index (χ4n) is 3.02. The molecule has 0 bridgehead atoms. The van der Waals surface area contributed by atoms with Crippen molar-refractivity contribution in [2.24, 2.45) is 0 Å². The van der Waals surface area contributed by atoms with E-state index in [1.54, 1.807) is 36.4 Å². The molecule has 0 fully saturated rings. The summed E-state index contributed by atoms with van der Waals surface area (Å²) >= 11 is 0. The molecule has 0 aliphatic rings. The number of aromatic nitrogens is 2. The molecule has 0 aliphatic heterocycles. The van der Waals surface area contributed by atoms with E-state index in [1.165, 1.54) is 0 Å². The van der Waals surface area contributed by atoms with Gasteiger partial charge >= 0.3 is 17.1 Å². The van der Waals surface area contributed by atoms with Crippen LogP contribution < -0.4 is 0 Å². The molecule has 4 amide bonds. The molecule has 0 unspecified atom stereocenters. The summed E-state index contributed by atoms with van der Waals surface area (Å²) in [4.78, 5) is 55.2. The van der Waals surface area contributed by atoms with Crippen LogP contribution in [0.25, 0.3) is 21.3 Å². The number of unbranched alkanes of at least 4 members (excludes halogenated alkanes) is 4. The Kier molecular flexibility index (Phi) is 21.5. The molecule has 0 radical (unpaired) electrons. The van der Waals surface area contributed by atoms with Gasteiger partial charge in [-0.15, -0.1) is 26.2 Å². The Morgan fingerprint density at radius 1 is 0.488 bits per heavy atom. The molecule has 2 aromatic rings. The van der Waals surface area contributed by atoms with Gasteiger partial charge in [-0.2, -0.15) is 0 Å². The van der Waals surface area contributed by atoms with E-state index in [1.807, 2.05) is 27.7 Å². The zero-order chi connectivity index (χ0) is 29.6. The number of carbonyl (C=O) groups is 4. The molecule has 0 spiro atoms. The van der Waals surface area contributed by atoms with Gasteiger partial charge in [-0.05, 0) is 24.3 Å². The Morgan fingerprint density at radius 3 is 0.902 bits per heavy atom. The molecule has 224 valence electrons. The van der Waals surface area contributed by atoms with Crippen LogP contribution in [0, 0.1) is 0 Å². The number of pyridine rings is 2. The summed E-state index contributed by atoms with van der Waals surface area (Å²) in [7, 11) is 0.